The molecule has 1 atom stereocenters. The molecule has 2 N–H and O–H groups in total. The first-order valence-electron chi connectivity index (χ1n) is 3.99. The van der Waals surface area contributed by atoms with Gasteiger partial charge in [0.1, 0.15) is 0 Å². The van der Waals surface area contributed by atoms with E-state index in [1.165, 1.54) is 12.8 Å². The van der Waals surface area contributed by atoms with Crippen LogP contribution < -0.4 is 5.73 Å². The van der Waals surface area contributed by atoms with E-state index < -0.39 is 0 Å². The van der Waals surface area contributed by atoms with Crippen molar-refractivity contribution in [1.29, 1.82) is 0 Å². The minimum atomic E-state index is 0.476. The fourth-order valence-corrected chi connectivity index (χ4v) is 1.50. The molecule has 0 aromatic heterocycles. The van der Waals surface area contributed by atoms with E-state index in [1.54, 1.807) is 0 Å². The zero-order valence-electron chi connectivity index (χ0n) is 7.22. The van der Waals surface area contributed by atoms with Crippen LogP contribution in [-0.2, 0) is 0 Å². The monoisotopic (exact) mass is 142 g/mol. The summed E-state index contributed by atoms with van der Waals surface area (Å²) in [5, 5.41) is 0. The fraction of sp³-hybridized carbons (Fsp3) is 1.00. The Bertz CT molecular complexity index is 116. The van der Waals surface area contributed by atoms with Crippen LogP contribution >= 0.6 is 0 Å². The first-order valence-corrected chi connectivity index (χ1v) is 3.99. The van der Waals surface area contributed by atoms with E-state index in [9.17, 15) is 0 Å². The number of hydrogen-bond acceptors (Lipinski definition) is 2. The zero-order chi connectivity index (χ0) is 7.78. The molecule has 0 aliphatic heterocycles. The van der Waals surface area contributed by atoms with Crippen LogP contribution in [0.1, 0.15) is 19.8 Å². The summed E-state index contributed by atoms with van der Waals surface area (Å²) in [6.45, 7) is 3.12. The van der Waals surface area contributed by atoms with Crippen molar-refractivity contribution in [3.8, 4) is 0 Å². The van der Waals surface area contributed by atoms with Gasteiger partial charge in [-0.15, -0.1) is 0 Å². The molecule has 1 saturated carbocycles. The summed E-state index contributed by atoms with van der Waals surface area (Å²) in [5.41, 5.74) is 6.16. The summed E-state index contributed by atoms with van der Waals surface area (Å²) < 4.78 is 0. The molecule has 0 radical (unpaired) electrons. The van der Waals surface area contributed by atoms with Crippen molar-refractivity contribution < 1.29 is 0 Å². The van der Waals surface area contributed by atoms with Gasteiger partial charge in [-0.3, -0.25) is 0 Å². The first-order chi connectivity index (χ1) is 4.62. The normalized spacial score (nSPS) is 24.9. The summed E-state index contributed by atoms with van der Waals surface area (Å²) in [6, 6.07) is 0.650. The van der Waals surface area contributed by atoms with Crippen molar-refractivity contribution in [2.45, 2.75) is 25.8 Å². The molecule has 0 bridgehead atoms. The van der Waals surface area contributed by atoms with E-state index in [2.05, 4.69) is 25.9 Å². The molecule has 1 fully saturated rings. The quantitative estimate of drug-likeness (QED) is 0.627. The highest BCUT2D eigenvalue weighted by atomic mass is 15.1. The Morgan fingerprint density at radius 1 is 1.50 bits per heavy atom. The van der Waals surface area contributed by atoms with Gasteiger partial charge in [-0.05, 0) is 45.8 Å². The number of hydrogen-bond donors (Lipinski definition) is 1. The number of nitrogens with zero attached hydrogens (tertiary/aromatic N) is 1. The highest BCUT2D eigenvalue weighted by Gasteiger charge is 2.46. The number of rotatable bonds is 3. The van der Waals surface area contributed by atoms with Crippen molar-refractivity contribution in [3.05, 3.63) is 0 Å². The lowest BCUT2D eigenvalue weighted by Gasteiger charge is -2.27. The van der Waals surface area contributed by atoms with Gasteiger partial charge in [-0.25, -0.2) is 0 Å². The van der Waals surface area contributed by atoms with Crippen molar-refractivity contribution in [2.75, 3.05) is 20.6 Å². The van der Waals surface area contributed by atoms with Gasteiger partial charge in [-0.2, -0.15) is 0 Å². The summed E-state index contributed by atoms with van der Waals surface area (Å²) in [5.74, 6) is 0. The molecule has 0 saturated heterocycles. The molecule has 0 aromatic rings. The van der Waals surface area contributed by atoms with Crippen LogP contribution in [0.2, 0.25) is 0 Å². The minimum absolute atomic E-state index is 0.476. The fourth-order valence-electron chi connectivity index (χ4n) is 1.50. The Kier molecular flexibility index (Phi) is 2.02. The molecule has 1 aliphatic carbocycles. The predicted octanol–water partition coefficient (Wildman–Crippen LogP) is 0.675. The molecule has 10 heavy (non-hydrogen) atoms. The highest BCUT2D eigenvalue weighted by molar-refractivity contribution is 5.00. The van der Waals surface area contributed by atoms with E-state index >= 15 is 0 Å². The van der Waals surface area contributed by atoms with E-state index in [0.29, 0.717) is 11.5 Å². The van der Waals surface area contributed by atoms with E-state index in [0.717, 1.165) is 6.54 Å². The SMILES string of the molecule is CC(N(C)C)C1(CN)CC1. The largest absolute Gasteiger partial charge is 0.330 e. The van der Waals surface area contributed by atoms with Crippen LogP contribution in [0.4, 0.5) is 0 Å². The second-order valence-corrected chi connectivity index (χ2v) is 3.71. The van der Waals surface area contributed by atoms with Crippen LogP contribution in [0.5, 0.6) is 0 Å². The molecule has 1 rings (SSSR count). The third kappa shape index (κ3) is 1.18. The molecular weight excluding hydrogens is 124 g/mol. The standard InChI is InChI=1S/C8H18N2/c1-7(10(2)3)8(6-9)4-5-8/h7H,4-6,9H2,1-3H3. The molecule has 0 amide bonds. The first kappa shape index (κ1) is 8.02. The van der Waals surface area contributed by atoms with Gasteiger partial charge in [0.25, 0.3) is 0 Å². The average Bonchev–Trinajstić information content (AvgIpc) is 2.66. The second-order valence-electron chi connectivity index (χ2n) is 3.71. The van der Waals surface area contributed by atoms with Crippen LogP contribution in [-0.4, -0.2) is 31.6 Å². The van der Waals surface area contributed by atoms with Crippen molar-refractivity contribution in [1.82, 2.24) is 4.90 Å². The Hall–Kier alpha value is -0.0800. The van der Waals surface area contributed by atoms with Gasteiger partial charge in [-0.1, -0.05) is 0 Å². The predicted molar refractivity (Wildman–Crippen MR) is 43.9 cm³/mol. The van der Waals surface area contributed by atoms with Crippen molar-refractivity contribution in [3.63, 3.8) is 0 Å². The molecule has 60 valence electrons. The lowest BCUT2D eigenvalue weighted by molar-refractivity contribution is 0.214. The Labute approximate surface area is 63.4 Å². The smallest absolute Gasteiger partial charge is 0.0129 e. The average molecular weight is 142 g/mol. The summed E-state index contributed by atoms with van der Waals surface area (Å²) in [6.07, 6.45) is 2.64. The van der Waals surface area contributed by atoms with Gasteiger partial charge in [0.15, 0.2) is 0 Å². The van der Waals surface area contributed by atoms with Crippen LogP contribution in [0, 0.1) is 5.41 Å². The molecular formula is C8H18N2. The third-order valence-electron chi connectivity index (χ3n) is 2.96. The van der Waals surface area contributed by atoms with Crippen LogP contribution in [0.25, 0.3) is 0 Å². The Morgan fingerprint density at radius 2 is 2.00 bits per heavy atom. The molecule has 1 aliphatic rings. The third-order valence-corrected chi connectivity index (χ3v) is 2.96. The topological polar surface area (TPSA) is 29.3 Å². The van der Waals surface area contributed by atoms with Crippen molar-refractivity contribution in [2.24, 2.45) is 11.1 Å². The van der Waals surface area contributed by atoms with Gasteiger partial charge in [0.2, 0.25) is 0 Å². The van der Waals surface area contributed by atoms with Gasteiger partial charge >= 0.3 is 0 Å². The van der Waals surface area contributed by atoms with Gasteiger partial charge < -0.3 is 10.6 Å². The number of nitrogens with two attached hydrogens (primary N) is 1. The van der Waals surface area contributed by atoms with Crippen LogP contribution in [0.15, 0.2) is 0 Å². The second kappa shape index (κ2) is 2.51. The minimum Gasteiger partial charge on any atom is -0.330 e. The maximum Gasteiger partial charge on any atom is 0.0129 e. The molecule has 0 aromatic carbocycles. The highest BCUT2D eigenvalue weighted by Crippen LogP contribution is 2.48. The molecule has 0 spiro atoms. The van der Waals surface area contributed by atoms with Crippen molar-refractivity contribution >= 4 is 0 Å². The summed E-state index contributed by atoms with van der Waals surface area (Å²) in [7, 11) is 4.25. The Balaban J connectivity index is 2.47. The van der Waals surface area contributed by atoms with E-state index in [4.69, 9.17) is 5.73 Å². The maximum atomic E-state index is 5.68. The summed E-state index contributed by atoms with van der Waals surface area (Å²) >= 11 is 0. The molecule has 2 heteroatoms. The molecule has 0 heterocycles. The molecule has 1 unspecified atom stereocenters. The lowest BCUT2D eigenvalue weighted by Crippen LogP contribution is -2.38. The lowest BCUT2D eigenvalue weighted by atomic mass is 9.97. The van der Waals surface area contributed by atoms with Crippen LogP contribution in [0.3, 0.4) is 0 Å². The maximum absolute atomic E-state index is 5.68. The van der Waals surface area contributed by atoms with Gasteiger partial charge in [0, 0.05) is 6.04 Å². The van der Waals surface area contributed by atoms with E-state index in [1.807, 2.05) is 0 Å². The molecule has 2 nitrogen and oxygen atoms in total. The van der Waals surface area contributed by atoms with E-state index in [-0.39, 0.29) is 0 Å². The van der Waals surface area contributed by atoms with Gasteiger partial charge in [0.05, 0.1) is 0 Å². The zero-order valence-corrected chi connectivity index (χ0v) is 7.22. The Morgan fingerprint density at radius 3 is 2.10 bits per heavy atom. The summed E-state index contributed by atoms with van der Waals surface area (Å²) in [4.78, 5) is 2.26.